The Labute approximate surface area is 178 Å². The molecule has 0 unspecified atom stereocenters. The number of H-pyrrole nitrogens is 1. The molecule has 2 heterocycles. The third kappa shape index (κ3) is 4.38. The van der Waals surface area contributed by atoms with Gasteiger partial charge in [0, 0.05) is 16.4 Å². The van der Waals surface area contributed by atoms with E-state index in [1.165, 1.54) is 29.7 Å². The van der Waals surface area contributed by atoms with Crippen molar-refractivity contribution in [2.24, 2.45) is 0 Å². The molecule has 7 heteroatoms. The van der Waals surface area contributed by atoms with E-state index in [1.807, 2.05) is 6.92 Å². The maximum atomic E-state index is 13.2. The lowest BCUT2D eigenvalue weighted by molar-refractivity contribution is 0.0743. The van der Waals surface area contributed by atoms with Crippen LogP contribution in [0.2, 0.25) is 5.02 Å². The zero-order chi connectivity index (χ0) is 20.4. The molecule has 1 aliphatic rings. The van der Waals surface area contributed by atoms with Crippen molar-refractivity contribution in [1.82, 2.24) is 14.9 Å². The molecular weight excluding hydrogens is 406 g/mol. The molecule has 0 fully saturated rings. The first kappa shape index (κ1) is 20.1. The Balaban J connectivity index is 1.62. The standard InChI is InChI=1S/C22H24ClN3O2S/c1-2-10-26(22(28)19-11-14-6-4-3-5-7-18(14)29-19)13-20-24-17-12-15(23)8-9-16(17)21(27)25-20/h8-9,11-12H,2-7,10,13H2,1H3,(H,24,25,27). The number of hydrogen-bond donors (Lipinski definition) is 1. The predicted octanol–water partition coefficient (Wildman–Crippen LogP) is 4.96. The van der Waals surface area contributed by atoms with Crippen molar-refractivity contribution in [2.45, 2.75) is 52.0 Å². The van der Waals surface area contributed by atoms with Crippen molar-refractivity contribution in [3.8, 4) is 0 Å². The third-order valence-electron chi connectivity index (χ3n) is 5.30. The molecule has 29 heavy (non-hydrogen) atoms. The first-order valence-corrected chi connectivity index (χ1v) is 11.3. The lowest BCUT2D eigenvalue weighted by atomic mass is 10.1. The summed E-state index contributed by atoms with van der Waals surface area (Å²) in [5, 5.41) is 1.02. The van der Waals surface area contributed by atoms with Crippen LogP contribution in [0.25, 0.3) is 10.9 Å². The number of fused-ring (bicyclic) bond motifs is 2. The Bertz CT molecular complexity index is 1080. The van der Waals surface area contributed by atoms with E-state index in [4.69, 9.17) is 11.6 Å². The number of carbonyl (C=O) groups is 1. The second-order valence-electron chi connectivity index (χ2n) is 7.52. The monoisotopic (exact) mass is 429 g/mol. The number of carbonyl (C=O) groups excluding carboxylic acids is 1. The molecule has 5 nitrogen and oxygen atoms in total. The van der Waals surface area contributed by atoms with Gasteiger partial charge in [-0.3, -0.25) is 9.59 Å². The van der Waals surface area contributed by atoms with Crippen LogP contribution in [-0.4, -0.2) is 27.3 Å². The van der Waals surface area contributed by atoms with Gasteiger partial charge in [0.05, 0.1) is 22.3 Å². The molecule has 0 radical (unpaired) electrons. The van der Waals surface area contributed by atoms with Crippen molar-refractivity contribution in [1.29, 1.82) is 0 Å². The average molecular weight is 430 g/mol. The molecule has 2 aromatic heterocycles. The topological polar surface area (TPSA) is 66.1 Å². The van der Waals surface area contributed by atoms with Crippen LogP contribution >= 0.6 is 22.9 Å². The molecule has 0 bridgehead atoms. The van der Waals surface area contributed by atoms with E-state index < -0.39 is 0 Å². The normalized spacial score (nSPS) is 13.9. The number of nitrogens with one attached hydrogen (secondary N) is 1. The molecule has 0 spiro atoms. The number of nitrogens with zero attached hydrogens (tertiary/aromatic N) is 2. The van der Waals surface area contributed by atoms with Crippen LogP contribution in [-0.2, 0) is 19.4 Å². The van der Waals surface area contributed by atoms with Gasteiger partial charge >= 0.3 is 0 Å². The smallest absolute Gasteiger partial charge is 0.264 e. The summed E-state index contributed by atoms with van der Waals surface area (Å²) in [6, 6.07) is 7.10. The van der Waals surface area contributed by atoms with Gasteiger partial charge in [-0.2, -0.15) is 0 Å². The van der Waals surface area contributed by atoms with Crippen LogP contribution < -0.4 is 5.56 Å². The van der Waals surface area contributed by atoms with Gasteiger partial charge in [-0.05, 0) is 61.9 Å². The SMILES string of the molecule is CCCN(Cc1nc2cc(Cl)ccc2c(=O)[nH]1)C(=O)c1cc2c(s1)CCCCC2. The minimum atomic E-state index is -0.214. The molecule has 152 valence electrons. The highest BCUT2D eigenvalue weighted by Crippen LogP contribution is 2.30. The van der Waals surface area contributed by atoms with Gasteiger partial charge in [0.1, 0.15) is 5.82 Å². The fraction of sp³-hybridized carbons (Fsp3) is 0.409. The number of halogens is 1. The van der Waals surface area contributed by atoms with E-state index in [2.05, 4.69) is 16.0 Å². The van der Waals surface area contributed by atoms with Crippen molar-refractivity contribution in [3.63, 3.8) is 0 Å². The van der Waals surface area contributed by atoms with Crippen LogP contribution in [0, 0.1) is 0 Å². The number of rotatable bonds is 5. The number of aryl methyl sites for hydroxylation is 2. The summed E-state index contributed by atoms with van der Waals surface area (Å²) in [4.78, 5) is 36.9. The van der Waals surface area contributed by atoms with Gasteiger partial charge in [-0.15, -0.1) is 11.3 Å². The van der Waals surface area contributed by atoms with Crippen molar-refractivity contribution >= 4 is 39.7 Å². The number of aromatic amines is 1. The second-order valence-corrected chi connectivity index (χ2v) is 9.09. The lowest BCUT2D eigenvalue weighted by Gasteiger charge is -2.21. The molecule has 1 aromatic carbocycles. The molecular formula is C22H24ClN3O2S. The van der Waals surface area contributed by atoms with Crippen LogP contribution in [0.5, 0.6) is 0 Å². The fourth-order valence-corrected chi connectivity index (χ4v) is 5.26. The maximum Gasteiger partial charge on any atom is 0.264 e. The fourth-order valence-electron chi connectivity index (χ4n) is 3.87. The first-order valence-electron chi connectivity index (χ1n) is 10.1. The maximum absolute atomic E-state index is 13.2. The van der Waals surface area contributed by atoms with Gasteiger partial charge in [-0.1, -0.05) is 24.9 Å². The van der Waals surface area contributed by atoms with Crippen molar-refractivity contribution in [3.05, 3.63) is 60.8 Å². The highest BCUT2D eigenvalue weighted by Gasteiger charge is 2.22. The van der Waals surface area contributed by atoms with Gasteiger partial charge < -0.3 is 9.88 Å². The summed E-state index contributed by atoms with van der Waals surface area (Å²) in [5.41, 5.74) is 1.66. The minimum absolute atomic E-state index is 0.0127. The van der Waals surface area contributed by atoms with Crippen LogP contribution in [0.4, 0.5) is 0 Å². The molecule has 1 aliphatic carbocycles. The Morgan fingerprint density at radius 1 is 1.24 bits per heavy atom. The number of hydrogen-bond acceptors (Lipinski definition) is 4. The number of aromatic nitrogens is 2. The van der Waals surface area contributed by atoms with Crippen LogP contribution in [0.1, 0.15) is 58.5 Å². The quantitative estimate of drug-likeness (QED) is 0.583. The second kappa shape index (κ2) is 8.67. The van der Waals surface area contributed by atoms with E-state index in [9.17, 15) is 9.59 Å². The van der Waals surface area contributed by atoms with Gasteiger partial charge in [0.25, 0.3) is 11.5 Å². The summed E-state index contributed by atoms with van der Waals surface area (Å²) < 4.78 is 0. The Hall–Kier alpha value is -2.18. The van der Waals surface area contributed by atoms with Gasteiger partial charge in [-0.25, -0.2) is 4.98 Å². The predicted molar refractivity (Wildman–Crippen MR) is 118 cm³/mol. The summed E-state index contributed by atoms with van der Waals surface area (Å²) in [5.74, 6) is 0.489. The van der Waals surface area contributed by atoms with E-state index in [0.717, 1.165) is 24.1 Å². The summed E-state index contributed by atoms with van der Waals surface area (Å²) >= 11 is 7.68. The molecule has 0 saturated heterocycles. The highest BCUT2D eigenvalue weighted by atomic mass is 35.5. The number of amides is 1. The largest absolute Gasteiger partial charge is 0.330 e. The molecule has 4 rings (SSSR count). The summed E-state index contributed by atoms with van der Waals surface area (Å²) in [6.45, 7) is 2.92. The minimum Gasteiger partial charge on any atom is -0.330 e. The Morgan fingerprint density at radius 3 is 2.90 bits per heavy atom. The zero-order valence-corrected chi connectivity index (χ0v) is 18.0. The van der Waals surface area contributed by atoms with Crippen LogP contribution in [0.15, 0.2) is 29.1 Å². The van der Waals surface area contributed by atoms with E-state index >= 15 is 0 Å². The van der Waals surface area contributed by atoms with Gasteiger partial charge in [0.15, 0.2) is 0 Å². The molecule has 1 amide bonds. The third-order valence-corrected chi connectivity index (χ3v) is 6.76. The first-order chi connectivity index (χ1) is 14.0. The highest BCUT2D eigenvalue weighted by molar-refractivity contribution is 7.14. The lowest BCUT2D eigenvalue weighted by Crippen LogP contribution is -2.32. The molecule has 0 atom stereocenters. The van der Waals surface area contributed by atoms with Crippen LogP contribution in [0.3, 0.4) is 0 Å². The number of benzene rings is 1. The van der Waals surface area contributed by atoms with E-state index in [0.29, 0.717) is 28.3 Å². The zero-order valence-electron chi connectivity index (χ0n) is 16.5. The molecule has 0 saturated carbocycles. The molecule has 1 N–H and O–H groups in total. The molecule has 0 aliphatic heterocycles. The number of thiophene rings is 1. The van der Waals surface area contributed by atoms with E-state index in [1.54, 1.807) is 34.4 Å². The van der Waals surface area contributed by atoms with Crippen molar-refractivity contribution in [2.75, 3.05) is 6.54 Å². The van der Waals surface area contributed by atoms with E-state index in [-0.39, 0.29) is 18.0 Å². The van der Waals surface area contributed by atoms with Crippen molar-refractivity contribution < 1.29 is 4.79 Å². The van der Waals surface area contributed by atoms with Gasteiger partial charge in [0.2, 0.25) is 0 Å². The Kier molecular flexibility index (Phi) is 6.01. The average Bonchev–Trinajstić information content (AvgIpc) is 2.97. The Morgan fingerprint density at radius 2 is 2.07 bits per heavy atom. The summed E-state index contributed by atoms with van der Waals surface area (Å²) in [6.07, 6.45) is 6.62. The summed E-state index contributed by atoms with van der Waals surface area (Å²) in [7, 11) is 0. The molecule has 3 aromatic rings.